The quantitative estimate of drug-likeness (QED) is 0.442. The number of nitrogens with one attached hydrogen (secondary N) is 1. The standard InChI is InChI=1S/C5H10O.C4H5NO2S.C2H6/c1-5(2)3-4-6;6-3-1-2(8)4(7)5-3;1-2/h4-5H,3H2,1-2H3;2,8H,1H2,(H,5,6,7);1-2H3. The Labute approximate surface area is 103 Å². The third kappa shape index (κ3) is 9.71. The first kappa shape index (κ1) is 17.6. The molecule has 1 aliphatic heterocycles. The van der Waals surface area contributed by atoms with Crippen molar-refractivity contribution in [1.82, 2.24) is 5.32 Å². The zero-order valence-corrected chi connectivity index (χ0v) is 11.2. The van der Waals surface area contributed by atoms with E-state index in [-0.39, 0.29) is 18.2 Å². The van der Waals surface area contributed by atoms with Crippen molar-refractivity contribution in [3.05, 3.63) is 0 Å². The summed E-state index contributed by atoms with van der Waals surface area (Å²) < 4.78 is 0. The molecule has 1 saturated heterocycles. The molecule has 2 amide bonds. The van der Waals surface area contributed by atoms with E-state index in [1.807, 2.05) is 27.7 Å². The van der Waals surface area contributed by atoms with Gasteiger partial charge in [-0.3, -0.25) is 14.9 Å². The van der Waals surface area contributed by atoms with E-state index < -0.39 is 5.25 Å². The van der Waals surface area contributed by atoms with Crippen molar-refractivity contribution in [2.45, 2.75) is 45.8 Å². The molecule has 5 heteroatoms. The number of amides is 2. The third-order valence-electron chi connectivity index (χ3n) is 1.51. The fraction of sp³-hybridized carbons (Fsp3) is 0.727. The van der Waals surface area contributed by atoms with Crippen LogP contribution in [0.4, 0.5) is 0 Å². The van der Waals surface area contributed by atoms with Crippen LogP contribution < -0.4 is 5.32 Å². The molecular formula is C11H21NO3S. The van der Waals surface area contributed by atoms with Crippen molar-refractivity contribution in [2.75, 3.05) is 0 Å². The highest BCUT2D eigenvalue weighted by Crippen LogP contribution is 2.06. The molecule has 1 heterocycles. The molecule has 0 aromatic carbocycles. The second-order valence-electron chi connectivity index (χ2n) is 3.43. The van der Waals surface area contributed by atoms with Gasteiger partial charge in [0.05, 0.1) is 5.25 Å². The predicted molar refractivity (Wildman–Crippen MR) is 67.4 cm³/mol. The van der Waals surface area contributed by atoms with E-state index in [0.717, 1.165) is 6.29 Å². The molecule has 0 spiro atoms. The van der Waals surface area contributed by atoms with E-state index in [4.69, 9.17) is 0 Å². The minimum absolute atomic E-state index is 0.224. The normalized spacial score (nSPS) is 18.0. The second-order valence-corrected chi connectivity index (χ2v) is 4.05. The molecule has 1 atom stereocenters. The molecule has 0 aliphatic carbocycles. The van der Waals surface area contributed by atoms with Crippen LogP contribution in [0.2, 0.25) is 0 Å². The molecule has 94 valence electrons. The smallest absolute Gasteiger partial charge is 0.239 e. The molecular weight excluding hydrogens is 226 g/mol. The maximum absolute atomic E-state index is 10.4. The second kappa shape index (κ2) is 10.7. The Hall–Kier alpha value is -0.840. The van der Waals surface area contributed by atoms with E-state index in [2.05, 4.69) is 17.9 Å². The Kier molecular flexibility index (Phi) is 11.7. The molecule has 1 unspecified atom stereocenters. The van der Waals surface area contributed by atoms with E-state index in [9.17, 15) is 14.4 Å². The maximum atomic E-state index is 10.4. The molecule has 4 nitrogen and oxygen atoms in total. The van der Waals surface area contributed by atoms with Crippen LogP contribution in [0, 0.1) is 5.92 Å². The summed E-state index contributed by atoms with van der Waals surface area (Å²) in [6, 6.07) is 0. The highest BCUT2D eigenvalue weighted by Gasteiger charge is 2.26. The van der Waals surface area contributed by atoms with Crippen LogP contribution in [0.25, 0.3) is 0 Å². The summed E-state index contributed by atoms with van der Waals surface area (Å²) in [5.74, 6) is 0.0239. The first-order valence-corrected chi connectivity index (χ1v) is 5.94. The van der Waals surface area contributed by atoms with E-state index in [0.29, 0.717) is 12.3 Å². The lowest BCUT2D eigenvalue weighted by atomic mass is 10.2. The van der Waals surface area contributed by atoms with Gasteiger partial charge in [0.1, 0.15) is 6.29 Å². The SMILES string of the molecule is CC.CC(C)CC=O.O=C1CC(S)C(=O)N1. The van der Waals surface area contributed by atoms with Gasteiger partial charge in [-0.2, -0.15) is 12.6 Å². The molecule has 1 fully saturated rings. The largest absolute Gasteiger partial charge is 0.303 e. The van der Waals surface area contributed by atoms with Gasteiger partial charge in [-0.05, 0) is 5.92 Å². The highest BCUT2D eigenvalue weighted by molar-refractivity contribution is 7.81. The molecule has 0 aromatic rings. The lowest BCUT2D eigenvalue weighted by Crippen LogP contribution is -2.21. The van der Waals surface area contributed by atoms with Gasteiger partial charge < -0.3 is 4.79 Å². The molecule has 0 bridgehead atoms. The molecule has 1 N–H and O–H groups in total. The molecule has 1 rings (SSSR count). The maximum Gasteiger partial charge on any atom is 0.239 e. The summed E-state index contributed by atoms with van der Waals surface area (Å²) in [5, 5.41) is 1.70. The van der Waals surface area contributed by atoms with Crippen molar-refractivity contribution >= 4 is 30.7 Å². The summed E-state index contributed by atoms with van der Waals surface area (Å²) in [6.07, 6.45) is 1.87. The summed E-state index contributed by atoms with van der Waals surface area (Å²) in [6.45, 7) is 8.04. The molecule has 0 aromatic heterocycles. The fourth-order valence-corrected chi connectivity index (χ4v) is 0.963. The van der Waals surface area contributed by atoms with Crippen LogP contribution in [-0.2, 0) is 14.4 Å². The Morgan fingerprint density at radius 2 is 1.94 bits per heavy atom. The van der Waals surface area contributed by atoms with Crippen LogP contribution in [0.3, 0.4) is 0 Å². The number of carbonyl (C=O) groups is 3. The lowest BCUT2D eigenvalue weighted by molar-refractivity contribution is -0.124. The molecule has 0 saturated carbocycles. The summed E-state index contributed by atoms with van der Waals surface area (Å²) >= 11 is 3.81. The van der Waals surface area contributed by atoms with E-state index >= 15 is 0 Å². The summed E-state index contributed by atoms with van der Waals surface area (Å²) in [4.78, 5) is 30.3. The minimum atomic E-state index is -0.414. The fourth-order valence-electron chi connectivity index (χ4n) is 0.733. The number of carbonyl (C=O) groups excluding carboxylic acids is 3. The van der Waals surface area contributed by atoms with Gasteiger partial charge in [-0.1, -0.05) is 27.7 Å². The Balaban J connectivity index is 0. The number of aldehydes is 1. The number of hydrogen-bond acceptors (Lipinski definition) is 4. The topological polar surface area (TPSA) is 63.2 Å². The molecule has 0 radical (unpaired) electrons. The van der Waals surface area contributed by atoms with Crippen LogP contribution in [0.1, 0.15) is 40.5 Å². The third-order valence-corrected chi connectivity index (χ3v) is 1.93. The number of imide groups is 1. The van der Waals surface area contributed by atoms with E-state index in [1.165, 1.54) is 0 Å². The van der Waals surface area contributed by atoms with Gasteiger partial charge in [-0.15, -0.1) is 0 Å². The van der Waals surface area contributed by atoms with Gasteiger partial charge in [0, 0.05) is 12.8 Å². The van der Waals surface area contributed by atoms with Crippen molar-refractivity contribution in [2.24, 2.45) is 5.92 Å². The van der Waals surface area contributed by atoms with Crippen LogP contribution >= 0.6 is 12.6 Å². The van der Waals surface area contributed by atoms with Crippen LogP contribution in [-0.4, -0.2) is 23.4 Å². The van der Waals surface area contributed by atoms with Gasteiger partial charge in [0.2, 0.25) is 11.8 Å². The average Bonchev–Trinajstić information content (AvgIpc) is 2.48. The minimum Gasteiger partial charge on any atom is -0.303 e. The first-order chi connectivity index (χ1) is 7.47. The zero-order chi connectivity index (χ0) is 13.1. The number of thiol groups is 1. The zero-order valence-electron chi connectivity index (χ0n) is 10.3. The molecule has 1 aliphatic rings. The van der Waals surface area contributed by atoms with Crippen molar-refractivity contribution in [3.63, 3.8) is 0 Å². The van der Waals surface area contributed by atoms with Gasteiger partial charge >= 0.3 is 0 Å². The summed E-state index contributed by atoms with van der Waals surface area (Å²) in [7, 11) is 0. The van der Waals surface area contributed by atoms with Crippen molar-refractivity contribution in [3.8, 4) is 0 Å². The first-order valence-electron chi connectivity index (χ1n) is 5.42. The highest BCUT2D eigenvalue weighted by atomic mass is 32.1. The number of rotatable bonds is 2. The Morgan fingerprint density at radius 1 is 1.44 bits per heavy atom. The van der Waals surface area contributed by atoms with Crippen LogP contribution in [0.5, 0.6) is 0 Å². The predicted octanol–water partition coefficient (Wildman–Crippen LogP) is 1.59. The Bertz CT molecular complexity index is 229. The van der Waals surface area contributed by atoms with E-state index in [1.54, 1.807) is 0 Å². The van der Waals surface area contributed by atoms with Gasteiger partial charge in [-0.25, -0.2) is 0 Å². The number of hydrogen-bond donors (Lipinski definition) is 2. The lowest BCUT2D eigenvalue weighted by Gasteiger charge is -1.89. The summed E-state index contributed by atoms with van der Waals surface area (Å²) in [5.41, 5.74) is 0. The average molecular weight is 247 g/mol. The van der Waals surface area contributed by atoms with Gasteiger partial charge in [0.15, 0.2) is 0 Å². The molecule has 16 heavy (non-hydrogen) atoms. The van der Waals surface area contributed by atoms with Crippen molar-refractivity contribution < 1.29 is 14.4 Å². The van der Waals surface area contributed by atoms with Crippen molar-refractivity contribution in [1.29, 1.82) is 0 Å². The Morgan fingerprint density at radius 3 is 2.00 bits per heavy atom. The monoisotopic (exact) mass is 247 g/mol. The van der Waals surface area contributed by atoms with Gasteiger partial charge in [0.25, 0.3) is 0 Å². The van der Waals surface area contributed by atoms with Crippen LogP contribution in [0.15, 0.2) is 0 Å².